The van der Waals surface area contributed by atoms with Gasteiger partial charge in [0, 0.05) is 12.6 Å². The number of piperidine rings is 1. The van der Waals surface area contributed by atoms with Crippen LogP contribution in [-0.2, 0) is 5.60 Å². The van der Waals surface area contributed by atoms with E-state index in [2.05, 4.69) is 17.0 Å². The summed E-state index contributed by atoms with van der Waals surface area (Å²) in [6, 6.07) is 10.6. The van der Waals surface area contributed by atoms with E-state index in [0.29, 0.717) is 6.04 Å². The van der Waals surface area contributed by atoms with Crippen LogP contribution in [0.3, 0.4) is 0 Å². The van der Waals surface area contributed by atoms with Gasteiger partial charge in [-0.25, -0.2) is 0 Å². The van der Waals surface area contributed by atoms with E-state index in [1.807, 2.05) is 18.2 Å². The number of rotatable bonds is 1. The van der Waals surface area contributed by atoms with E-state index in [9.17, 15) is 5.11 Å². The lowest BCUT2D eigenvalue weighted by Gasteiger charge is -2.37. The highest BCUT2D eigenvalue weighted by Crippen LogP contribution is 2.41. The Morgan fingerprint density at radius 3 is 2.75 bits per heavy atom. The molecule has 2 saturated heterocycles. The molecule has 2 heteroatoms. The maximum absolute atomic E-state index is 10.9. The van der Waals surface area contributed by atoms with Crippen LogP contribution in [0.1, 0.15) is 31.2 Å². The van der Waals surface area contributed by atoms with Crippen molar-refractivity contribution < 1.29 is 5.11 Å². The van der Waals surface area contributed by atoms with Gasteiger partial charge >= 0.3 is 0 Å². The summed E-state index contributed by atoms with van der Waals surface area (Å²) < 4.78 is 0. The summed E-state index contributed by atoms with van der Waals surface area (Å²) in [5.41, 5.74) is 0.506. The van der Waals surface area contributed by atoms with Gasteiger partial charge in [-0.3, -0.25) is 4.90 Å². The third-order valence-electron chi connectivity index (χ3n) is 4.22. The minimum absolute atomic E-state index is 0.351. The average Bonchev–Trinajstić information content (AvgIpc) is 2.71. The fraction of sp³-hybridized carbons (Fsp3) is 0.571. The molecule has 1 aromatic rings. The zero-order valence-corrected chi connectivity index (χ0v) is 9.60. The van der Waals surface area contributed by atoms with E-state index in [-0.39, 0.29) is 0 Å². The van der Waals surface area contributed by atoms with Crippen molar-refractivity contribution in [3.63, 3.8) is 0 Å². The SMILES string of the molecule is O[C@]1(c2ccccc2)CCN2CCCC[C@H]21. The first-order chi connectivity index (χ1) is 7.81. The van der Waals surface area contributed by atoms with Crippen LogP contribution in [0.2, 0.25) is 0 Å². The van der Waals surface area contributed by atoms with Crippen molar-refractivity contribution in [2.45, 2.75) is 37.3 Å². The summed E-state index contributed by atoms with van der Waals surface area (Å²) in [6.45, 7) is 2.22. The van der Waals surface area contributed by atoms with Crippen molar-refractivity contribution in [1.29, 1.82) is 0 Å². The summed E-state index contributed by atoms with van der Waals surface area (Å²) in [7, 11) is 0. The topological polar surface area (TPSA) is 23.5 Å². The van der Waals surface area contributed by atoms with Crippen molar-refractivity contribution in [1.82, 2.24) is 4.90 Å². The lowest BCUT2D eigenvalue weighted by molar-refractivity contribution is -0.0138. The summed E-state index contributed by atoms with van der Waals surface area (Å²) in [4.78, 5) is 2.47. The molecule has 2 heterocycles. The number of fused-ring (bicyclic) bond motifs is 1. The first-order valence-electron chi connectivity index (χ1n) is 6.33. The number of benzene rings is 1. The van der Waals surface area contributed by atoms with Gasteiger partial charge in [-0.05, 0) is 31.4 Å². The molecule has 0 aromatic heterocycles. The van der Waals surface area contributed by atoms with Crippen LogP contribution >= 0.6 is 0 Å². The second kappa shape index (κ2) is 3.86. The Bertz CT molecular complexity index is 364. The summed E-state index contributed by atoms with van der Waals surface area (Å²) >= 11 is 0. The van der Waals surface area contributed by atoms with Crippen LogP contribution in [0.4, 0.5) is 0 Å². The summed E-state index contributed by atoms with van der Waals surface area (Å²) in [5, 5.41) is 10.9. The lowest BCUT2D eigenvalue weighted by atomic mass is 9.83. The number of hydrogen-bond donors (Lipinski definition) is 1. The Labute approximate surface area is 96.9 Å². The largest absolute Gasteiger partial charge is 0.383 e. The second-order valence-electron chi connectivity index (χ2n) is 5.09. The third-order valence-corrected chi connectivity index (χ3v) is 4.22. The minimum Gasteiger partial charge on any atom is -0.383 e. The van der Waals surface area contributed by atoms with Crippen molar-refractivity contribution in [2.24, 2.45) is 0 Å². The second-order valence-corrected chi connectivity index (χ2v) is 5.09. The molecule has 3 rings (SSSR count). The molecule has 0 amide bonds. The predicted octanol–water partition coefficient (Wildman–Crippen LogP) is 2.13. The van der Waals surface area contributed by atoms with Gasteiger partial charge < -0.3 is 5.11 Å². The van der Waals surface area contributed by atoms with Crippen LogP contribution in [0.25, 0.3) is 0 Å². The highest BCUT2D eigenvalue weighted by Gasteiger charge is 2.47. The molecule has 1 N–H and O–H groups in total. The molecule has 0 saturated carbocycles. The molecule has 0 unspecified atom stereocenters. The molecule has 0 aliphatic carbocycles. The van der Waals surface area contributed by atoms with Crippen LogP contribution in [0.15, 0.2) is 30.3 Å². The Morgan fingerprint density at radius 2 is 1.94 bits per heavy atom. The molecule has 2 fully saturated rings. The van der Waals surface area contributed by atoms with E-state index in [0.717, 1.165) is 24.9 Å². The van der Waals surface area contributed by atoms with E-state index in [1.54, 1.807) is 0 Å². The smallest absolute Gasteiger partial charge is 0.106 e. The molecule has 0 bridgehead atoms. The first kappa shape index (κ1) is 10.3. The normalized spacial score (nSPS) is 34.9. The Balaban J connectivity index is 1.93. The number of nitrogens with zero attached hydrogens (tertiary/aromatic N) is 1. The fourth-order valence-electron chi connectivity index (χ4n) is 3.34. The Morgan fingerprint density at radius 1 is 1.12 bits per heavy atom. The van der Waals surface area contributed by atoms with Crippen LogP contribution in [-0.4, -0.2) is 29.1 Å². The van der Waals surface area contributed by atoms with E-state index < -0.39 is 5.60 Å². The molecule has 2 nitrogen and oxygen atoms in total. The van der Waals surface area contributed by atoms with Crippen molar-refractivity contribution in [2.75, 3.05) is 13.1 Å². The van der Waals surface area contributed by atoms with Gasteiger partial charge in [-0.1, -0.05) is 36.8 Å². The molecule has 16 heavy (non-hydrogen) atoms. The minimum atomic E-state index is -0.596. The lowest BCUT2D eigenvalue weighted by Crippen LogP contribution is -2.45. The van der Waals surface area contributed by atoms with E-state index in [4.69, 9.17) is 0 Å². The maximum atomic E-state index is 10.9. The molecular weight excluding hydrogens is 198 g/mol. The van der Waals surface area contributed by atoms with Gasteiger partial charge in [0.1, 0.15) is 5.60 Å². The van der Waals surface area contributed by atoms with Gasteiger partial charge in [-0.2, -0.15) is 0 Å². The molecule has 2 atom stereocenters. The zero-order chi connectivity index (χ0) is 11.0. The monoisotopic (exact) mass is 217 g/mol. The van der Waals surface area contributed by atoms with E-state index >= 15 is 0 Å². The van der Waals surface area contributed by atoms with Gasteiger partial charge in [0.05, 0.1) is 0 Å². The molecular formula is C14H19NO. The highest BCUT2D eigenvalue weighted by molar-refractivity contribution is 5.26. The van der Waals surface area contributed by atoms with Crippen molar-refractivity contribution in [3.8, 4) is 0 Å². The average molecular weight is 217 g/mol. The Hall–Kier alpha value is -0.860. The summed E-state index contributed by atoms with van der Waals surface area (Å²) in [5.74, 6) is 0. The quantitative estimate of drug-likeness (QED) is 0.779. The maximum Gasteiger partial charge on any atom is 0.106 e. The zero-order valence-electron chi connectivity index (χ0n) is 9.60. The number of aliphatic hydroxyl groups is 1. The highest BCUT2D eigenvalue weighted by atomic mass is 16.3. The Kier molecular flexibility index (Phi) is 2.49. The van der Waals surface area contributed by atoms with Gasteiger partial charge in [0.15, 0.2) is 0 Å². The van der Waals surface area contributed by atoms with E-state index in [1.165, 1.54) is 19.4 Å². The van der Waals surface area contributed by atoms with Crippen LogP contribution in [0.5, 0.6) is 0 Å². The summed E-state index contributed by atoms with van der Waals surface area (Å²) in [6.07, 6.45) is 4.59. The van der Waals surface area contributed by atoms with Gasteiger partial charge in [0.2, 0.25) is 0 Å². The van der Waals surface area contributed by atoms with Gasteiger partial charge in [-0.15, -0.1) is 0 Å². The third kappa shape index (κ3) is 1.48. The van der Waals surface area contributed by atoms with Crippen molar-refractivity contribution in [3.05, 3.63) is 35.9 Å². The molecule has 1 aromatic carbocycles. The fourth-order valence-corrected chi connectivity index (χ4v) is 3.34. The molecule has 86 valence electrons. The molecule has 2 aliphatic rings. The predicted molar refractivity (Wildman–Crippen MR) is 64.2 cm³/mol. The first-order valence-corrected chi connectivity index (χ1v) is 6.33. The van der Waals surface area contributed by atoms with Crippen LogP contribution in [0, 0.1) is 0 Å². The molecule has 0 radical (unpaired) electrons. The molecule has 2 aliphatic heterocycles. The van der Waals surface area contributed by atoms with Crippen LogP contribution < -0.4 is 0 Å². The van der Waals surface area contributed by atoms with Gasteiger partial charge in [0.25, 0.3) is 0 Å². The van der Waals surface area contributed by atoms with Crippen molar-refractivity contribution >= 4 is 0 Å². The molecule has 0 spiro atoms. The number of hydrogen-bond acceptors (Lipinski definition) is 2. The standard InChI is InChI=1S/C14H19NO/c16-14(12-6-2-1-3-7-12)9-11-15-10-5-4-8-13(14)15/h1-3,6-7,13,16H,4-5,8-11H2/t13-,14-/m0/s1.